The van der Waals surface area contributed by atoms with Crippen LogP contribution in [0.15, 0.2) is 81.1 Å². The van der Waals surface area contributed by atoms with Gasteiger partial charge in [0.2, 0.25) is 0 Å². The van der Waals surface area contributed by atoms with Crippen LogP contribution < -0.4 is 0 Å². The lowest BCUT2D eigenvalue weighted by Crippen LogP contribution is -2.37. The molecule has 0 bridgehead atoms. The Morgan fingerprint density at radius 1 is 1.03 bits per heavy atom. The minimum atomic E-state index is -0.0927. The van der Waals surface area contributed by atoms with E-state index in [1.807, 2.05) is 24.5 Å². The molecule has 1 atom stereocenters. The monoisotopic (exact) mass is 499 g/mol. The second kappa shape index (κ2) is 7.56. The van der Waals surface area contributed by atoms with E-state index >= 15 is 0 Å². The third-order valence-electron chi connectivity index (χ3n) is 7.21. The predicted octanol–water partition coefficient (Wildman–Crippen LogP) is 7.49. The third kappa shape index (κ3) is 3.24. The van der Waals surface area contributed by atoms with Crippen LogP contribution >= 0.6 is 15.9 Å². The van der Waals surface area contributed by atoms with Crippen LogP contribution in [0.5, 0.6) is 0 Å². The van der Waals surface area contributed by atoms with Crippen molar-refractivity contribution in [3.05, 3.63) is 94.0 Å². The number of halogens is 1. The van der Waals surface area contributed by atoms with Crippen molar-refractivity contribution in [2.45, 2.75) is 45.1 Å². The van der Waals surface area contributed by atoms with Crippen LogP contribution in [0.3, 0.4) is 0 Å². The fraction of sp³-hybridized carbons (Fsp3) is 0.286. The molecule has 6 rings (SSSR count). The van der Waals surface area contributed by atoms with Crippen molar-refractivity contribution in [1.29, 1.82) is 0 Å². The highest BCUT2D eigenvalue weighted by Crippen LogP contribution is 2.48. The molecule has 0 unspecified atom stereocenters. The summed E-state index contributed by atoms with van der Waals surface area (Å²) in [6.07, 6.45) is 6.05. The zero-order valence-corrected chi connectivity index (χ0v) is 20.6. The van der Waals surface area contributed by atoms with E-state index in [1.54, 1.807) is 6.26 Å². The fourth-order valence-electron chi connectivity index (χ4n) is 5.77. The number of hydrogen-bond acceptors (Lipinski definition) is 3. The number of aromatic nitrogens is 2. The summed E-state index contributed by atoms with van der Waals surface area (Å²) in [5.74, 6) is 1.55. The van der Waals surface area contributed by atoms with Crippen molar-refractivity contribution < 1.29 is 4.42 Å². The highest BCUT2D eigenvalue weighted by molar-refractivity contribution is 9.10. The molecule has 0 spiro atoms. The Balaban J connectivity index is 1.61. The van der Waals surface area contributed by atoms with Crippen LogP contribution in [0, 0.1) is 5.92 Å². The molecule has 4 nitrogen and oxygen atoms in total. The molecule has 0 amide bonds. The second-order valence-corrected chi connectivity index (χ2v) is 10.6. The molecule has 2 aliphatic rings. The van der Waals surface area contributed by atoms with Crippen LogP contribution in [-0.2, 0) is 5.41 Å². The number of rotatable bonds is 3. The van der Waals surface area contributed by atoms with Gasteiger partial charge in [-0.3, -0.25) is 9.56 Å². The van der Waals surface area contributed by atoms with E-state index in [-0.39, 0.29) is 11.5 Å². The summed E-state index contributed by atoms with van der Waals surface area (Å²) in [4.78, 5) is 10.0. The van der Waals surface area contributed by atoms with Gasteiger partial charge in [0.05, 0.1) is 29.4 Å². The maximum absolute atomic E-state index is 5.72. The van der Waals surface area contributed by atoms with Gasteiger partial charge in [-0.1, -0.05) is 54.0 Å². The van der Waals surface area contributed by atoms with Gasteiger partial charge in [-0.05, 0) is 67.0 Å². The molecular weight excluding hydrogens is 474 g/mol. The average Bonchev–Trinajstić information content (AvgIpc) is 3.44. The maximum Gasteiger partial charge on any atom is 0.154 e. The first-order chi connectivity index (χ1) is 15.9. The summed E-state index contributed by atoms with van der Waals surface area (Å²) in [7, 11) is 0. The Morgan fingerprint density at radius 3 is 2.58 bits per heavy atom. The predicted molar refractivity (Wildman–Crippen MR) is 135 cm³/mol. The molecule has 33 heavy (non-hydrogen) atoms. The van der Waals surface area contributed by atoms with Crippen LogP contribution in [0.4, 0.5) is 0 Å². The molecule has 0 N–H and O–H groups in total. The standard InChI is InChI=1S/C28H26BrN3O/c1-17-14-28(3,15-17)19-10-11-23-21(13-19)25(20-7-4-5-8-22(20)29)31-18(2)27-26(30-16-32(23)27)24-9-6-12-33-24/h4-13,16-18H,14-15H2,1-3H3/t17?,18-,28?/m0/s1. The van der Waals surface area contributed by atoms with E-state index in [0.29, 0.717) is 0 Å². The lowest BCUT2D eigenvalue weighted by molar-refractivity contribution is 0.178. The number of fused-ring (bicyclic) bond motifs is 3. The van der Waals surface area contributed by atoms with Crippen molar-refractivity contribution in [2.24, 2.45) is 10.9 Å². The lowest BCUT2D eigenvalue weighted by atomic mass is 9.60. The molecule has 0 radical (unpaired) electrons. The first-order valence-corrected chi connectivity index (χ1v) is 12.3. The van der Waals surface area contributed by atoms with Gasteiger partial charge in [0.15, 0.2) is 5.76 Å². The molecule has 1 fully saturated rings. The van der Waals surface area contributed by atoms with Crippen molar-refractivity contribution in [1.82, 2.24) is 9.55 Å². The SMILES string of the molecule is CC1CC(C)(c2ccc3c(c2)C(c2ccccc2Br)=N[C@@H](C)c2c(-c4ccco4)ncn2-3)C1. The normalized spacial score (nSPS) is 23.8. The molecule has 4 aromatic rings. The quantitative estimate of drug-likeness (QED) is 0.293. The summed E-state index contributed by atoms with van der Waals surface area (Å²) in [6, 6.07) is 19.0. The van der Waals surface area contributed by atoms with E-state index in [2.05, 4.69) is 77.7 Å². The van der Waals surface area contributed by atoms with E-state index < -0.39 is 0 Å². The van der Waals surface area contributed by atoms with Gasteiger partial charge >= 0.3 is 0 Å². The zero-order chi connectivity index (χ0) is 22.7. The van der Waals surface area contributed by atoms with Gasteiger partial charge in [-0.2, -0.15) is 0 Å². The van der Waals surface area contributed by atoms with E-state index in [0.717, 1.165) is 50.1 Å². The highest BCUT2D eigenvalue weighted by Gasteiger charge is 2.40. The van der Waals surface area contributed by atoms with Crippen LogP contribution in [0.25, 0.3) is 17.1 Å². The molecule has 2 aromatic heterocycles. The van der Waals surface area contributed by atoms with Crippen molar-refractivity contribution in [3.8, 4) is 17.1 Å². The van der Waals surface area contributed by atoms with Gasteiger partial charge in [0, 0.05) is 15.6 Å². The first kappa shape index (κ1) is 20.7. The highest BCUT2D eigenvalue weighted by atomic mass is 79.9. The topological polar surface area (TPSA) is 43.3 Å². The molecule has 1 aliphatic carbocycles. The van der Waals surface area contributed by atoms with Crippen molar-refractivity contribution in [3.63, 3.8) is 0 Å². The largest absolute Gasteiger partial charge is 0.463 e. The van der Waals surface area contributed by atoms with Gasteiger partial charge < -0.3 is 4.42 Å². The van der Waals surface area contributed by atoms with Gasteiger partial charge in [0.25, 0.3) is 0 Å². The summed E-state index contributed by atoms with van der Waals surface area (Å²) in [6.45, 7) is 6.87. The second-order valence-electron chi connectivity index (χ2n) is 9.77. The first-order valence-electron chi connectivity index (χ1n) is 11.5. The Labute approximate surface area is 202 Å². The number of hydrogen-bond donors (Lipinski definition) is 0. The number of benzene rings is 2. The van der Waals surface area contributed by atoms with Crippen LogP contribution in [0.1, 0.15) is 62.0 Å². The molecule has 1 saturated carbocycles. The Bertz CT molecular complexity index is 1380. The molecule has 0 saturated heterocycles. The number of nitrogens with zero attached hydrogens (tertiary/aromatic N) is 3. The Kier molecular flexibility index (Phi) is 4.73. The Hall–Kier alpha value is -2.92. The van der Waals surface area contributed by atoms with Crippen molar-refractivity contribution in [2.75, 3.05) is 0 Å². The van der Waals surface area contributed by atoms with Crippen molar-refractivity contribution >= 4 is 21.6 Å². The molecule has 166 valence electrons. The van der Waals surface area contributed by atoms with E-state index in [4.69, 9.17) is 14.4 Å². The fourth-order valence-corrected chi connectivity index (χ4v) is 6.24. The van der Waals surface area contributed by atoms with Crippen LogP contribution in [-0.4, -0.2) is 15.3 Å². The molecule has 1 aliphatic heterocycles. The lowest BCUT2D eigenvalue weighted by Gasteiger charge is -2.44. The number of imidazole rings is 1. The maximum atomic E-state index is 5.72. The van der Waals surface area contributed by atoms with E-state index in [9.17, 15) is 0 Å². The molecular formula is C28H26BrN3O. The smallest absolute Gasteiger partial charge is 0.154 e. The molecule has 2 aromatic carbocycles. The minimum Gasteiger partial charge on any atom is -0.463 e. The summed E-state index contributed by atoms with van der Waals surface area (Å²) in [5.41, 5.74) is 7.88. The van der Waals surface area contributed by atoms with Gasteiger partial charge in [-0.25, -0.2) is 4.98 Å². The zero-order valence-electron chi connectivity index (χ0n) is 19.0. The van der Waals surface area contributed by atoms with Gasteiger partial charge in [0.1, 0.15) is 12.0 Å². The summed E-state index contributed by atoms with van der Waals surface area (Å²) >= 11 is 3.78. The number of furan rings is 1. The molecule has 5 heteroatoms. The van der Waals surface area contributed by atoms with E-state index in [1.165, 1.54) is 18.4 Å². The summed E-state index contributed by atoms with van der Waals surface area (Å²) < 4.78 is 8.96. The third-order valence-corrected chi connectivity index (χ3v) is 7.90. The molecule has 3 heterocycles. The minimum absolute atomic E-state index is 0.0927. The number of aliphatic imine (C=N–C) groups is 1. The average molecular weight is 500 g/mol. The summed E-state index contributed by atoms with van der Waals surface area (Å²) in [5, 5.41) is 0. The van der Waals surface area contributed by atoms with Crippen LogP contribution in [0.2, 0.25) is 0 Å². The van der Waals surface area contributed by atoms with Gasteiger partial charge in [-0.15, -0.1) is 0 Å². The Morgan fingerprint density at radius 2 is 1.85 bits per heavy atom.